The molecule has 0 heterocycles. The highest BCUT2D eigenvalue weighted by Gasteiger charge is 2.58. The van der Waals surface area contributed by atoms with E-state index < -0.39 is 11.1 Å². The van der Waals surface area contributed by atoms with Crippen LogP contribution in [0.2, 0.25) is 0 Å². The van der Waals surface area contributed by atoms with Gasteiger partial charge in [-0.25, -0.2) is 0 Å². The van der Waals surface area contributed by atoms with Gasteiger partial charge < -0.3 is 10.5 Å². The second-order valence-corrected chi connectivity index (χ2v) is 5.78. The lowest BCUT2D eigenvalue weighted by Crippen LogP contribution is -2.52. The molecule has 3 saturated carbocycles. The van der Waals surface area contributed by atoms with Gasteiger partial charge in [-0.1, -0.05) is 0 Å². The minimum atomic E-state index is -0.669. The Hall–Kier alpha value is -0.570. The van der Waals surface area contributed by atoms with E-state index in [-0.39, 0.29) is 5.97 Å². The quantitative estimate of drug-likeness (QED) is 0.647. The summed E-state index contributed by atoms with van der Waals surface area (Å²) in [5.41, 5.74) is 5.03. The van der Waals surface area contributed by atoms with Crippen LogP contribution in [0.5, 0.6) is 0 Å². The summed E-state index contributed by atoms with van der Waals surface area (Å²) < 4.78 is 5.36. The number of carbonyl (C=O) groups is 1. The number of esters is 1. The van der Waals surface area contributed by atoms with E-state index >= 15 is 0 Å². The van der Waals surface area contributed by atoms with Crippen LogP contribution >= 0.6 is 0 Å². The zero-order valence-electron chi connectivity index (χ0n) is 9.17. The smallest absolute Gasteiger partial charge is 0.326 e. The third-order valence-electron chi connectivity index (χ3n) is 3.37. The second kappa shape index (κ2) is 2.72. The first kappa shape index (κ1) is 9.97. The maximum Gasteiger partial charge on any atom is 0.326 e. The maximum atomic E-state index is 11.9. The van der Waals surface area contributed by atoms with Gasteiger partial charge in [-0.05, 0) is 51.9 Å². The van der Waals surface area contributed by atoms with Gasteiger partial charge in [0.05, 0.1) is 0 Å². The van der Waals surface area contributed by atoms with E-state index in [1.54, 1.807) is 0 Å². The Bertz CT molecular complexity index is 263. The fourth-order valence-corrected chi connectivity index (χ4v) is 2.59. The molecule has 0 aliphatic heterocycles. The first-order valence-electron chi connectivity index (χ1n) is 5.33. The van der Waals surface area contributed by atoms with E-state index in [1.165, 1.54) is 0 Å². The van der Waals surface area contributed by atoms with E-state index in [0.717, 1.165) is 19.3 Å². The molecule has 0 saturated heterocycles. The number of nitrogens with two attached hydrogens (primary N) is 1. The van der Waals surface area contributed by atoms with Gasteiger partial charge in [0.2, 0.25) is 0 Å². The third kappa shape index (κ3) is 1.44. The van der Waals surface area contributed by atoms with Crippen LogP contribution in [0.15, 0.2) is 0 Å². The zero-order valence-corrected chi connectivity index (χ0v) is 9.17. The summed E-state index contributed by atoms with van der Waals surface area (Å²) in [6, 6.07) is 0. The molecule has 80 valence electrons. The van der Waals surface area contributed by atoms with Crippen molar-refractivity contribution >= 4 is 5.97 Å². The fraction of sp³-hybridized carbons (Fsp3) is 0.909. The van der Waals surface area contributed by atoms with E-state index in [4.69, 9.17) is 10.5 Å². The van der Waals surface area contributed by atoms with Crippen LogP contribution in [0, 0.1) is 11.8 Å². The first-order chi connectivity index (χ1) is 6.31. The average molecular weight is 197 g/mol. The Morgan fingerprint density at radius 2 is 2.00 bits per heavy atom. The van der Waals surface area contributed by atoms with Crippen molar-refractivity contribution < 1.29 is 9.53 Å². The summed E-state index contributed by atoms with van der Waals surface area (Å²) in [7, 11) is 0. The topological polar surface area (TPSA) is 52.3 Å². The Morgan fingerprint density at radius 3 is 2.36 bits per heavy atom. The van der Waals surface area contributed by atoms with Crippen LogP contribution in [-0.4, -0.2) is 17.1 Å². The highest BCUT2D eigenvalue weighted by atomic mass is 16.6. The van der Waals surface area contributed by atoms with Crippen molar-refractivity contribution in [1.82, 2.24) is 0 Å². The molecule has 0 amide bonds. The molecule has 3 nitrogen and oxygen atoms in total. The van der Waals surface area contributed by atoms with Gasteiger partial charge in [-0.2, -0.15) is 0 Å². The molecule has 3 heteroatoms. The van der Waals surface area contributed by atoms with Gasteiger partial charge in [-0.3, -0.25) is 4.79 Å². The highest BCUT2D eigenvalue weighted by molar-refractivity contribution is 5.82. The Kier molecular flexibility index (Phi) is 1.94. The molecule has 3 rings (SSSR count). The number of carbonyl (C=O) groups excluding carboxylic acids is 1. The normalized spacial score (nSPS) is 40.6. The summed E-state index contributed by atoms with van der Waals surface area (Å²) in [6.45, 7) is 5.65. The van der Waals surface area contributed by atoms with Gasteiger partial charge in [0, 0.05) is 0 Å². The standard InChI is InChI=1S/C11H19NO2/c1-10(2,3)14-9(13)11(12)6-7-4-8(11)5-7/h7-8H,4-6,12H2,1-3H3. The number of rotatable bonds is 1. The summed E-state index contributed by atoms with van der Waals surface area (Å²) >= 11 is 0. The van der Waals surface area contributed by atoms with Crippen molar-refractivity contribution in [2.24, 2.45) is 17.6 Å². The van der Waals surface area contributed by atoms with Crippen LogP contribution in [0.3, 0.4) is 0 Å². The lowest BCUT2D eigenvalue weighted by atomic mass is 9.80. The molecule has 14 heavy (non-hydrogen) atoms. The molecular weight excluding hydrogens is 178 g/mol. The summed E-state index contributed by atoms with van der Waals surface area (Å²) in [5, 5.41) is 0. The van der Waals surface area contributed by atoms with Gasteiger partial charge >= 0.3 is 5.97 Å². The first-order valence-corrected chi connectivity index (χ1v) is 5.33. The number of hydrogen-bond acceptors (Lipinski definition) is 3. The van der Waals surface area contributed by atoms with Gasteiger partial charge in [-0.15, -0.1) is 0 Å². The zero-order chi connectivity index (χ0) is 10.6. The molecule has 3 fully saturated rings. The molecule has 2 bridgehead atoms. The molecule has 0 aromatic rings. The van der Waals surface area contributed by atoms with Gasteiger partial charge in [0.15, 0.2) is 0 Å². The van der Waals surface area contributed by atoms with Crippen LogP contribution < -0.4 is 5.73 Å². The summed E-state index contributed by atoms with van der Waals surface area (Å²) in [6.07, 6.45) is 3.07. The lowest BCUT2D eigenvalue weighted by Gasteiger charge is -2.32. The number of hydrogen-bond donors (Lipinski definition) is 1. The molecule has 0 aromatic carbocycles. The second-order valence-electron chi connectivity index (χ2n) is 5.78. The SMILES string of the molecule is CC(C)(C)OC(=O)C1(N)CC2CC1C2. The molecule has 0 aromatic heterocycles. The van der Waals surface area contributed by atoms with Crippen LogP contribution in [0.1, 0.15) is 40.0 Å². The summed E-state index contributed by atoms with van der Waals surface area (Å²) in [5.74, 6) is 0.856. The van der Waals surface area contributed by atoms with E-state index in [9.17, 15) is 4.79 Å². The Morgan fingerprint density at radius 1 is 1.43 bits per heavy atom. The molecule has 3 aliphatic rings. The number of fused-ring (bicyclic) bond motifs is 1. The van der Waals surface area contributed by atoms with Crippen molar-refractivity contribution in [3.8, 4) is 0 Å². The van der Waals surface area contributed by atoms with Crippen molar-refractivity contribution in [2.75, 3.05) is 0 Å². The van der Waals surface area contributed by atoms with Crippen molar-refractivity contribution in [2.45, 2.75) is 51.2 Å². The monoisotopic (exact) mass is 197 g/mol. The minimum Gasteiger partial charge on any atom is -0.459 e. The molecule has 1 unspecified atom stereocenters. The maximum absolute atomic E-state index is 11.9. The molecule has 1 atom stereocenters. The predicted octanol–water partition coefficient (Wildman–Crippen LogP) is 1.46. The van der Waals surface area contributed by atoms with E-state index in [0.29, 0.717) is 11.8 Å². The predicted molar refractivity (Wildman–Crippen MR) is 53.6 cm³/mol. The Balaban J connectivity index is 2.04. The largest absolute Gasteiger partial charge is 0.459 e. The van der Waals surface area contributed by atoms with Crippen LogP contribution in [0.4, 0.5) is 0 Å². The van der Waals surface area contributed by atoms with E-state index in [1.807, 2.05) is 20.8 Å². The van der Waals surface area contributed by atoms with Crippen LogP contribution in [0.25, 0.3) is 0 Å². The third-order valence-corrected chi connectivity index (χ3v) is 3.37. The molecule has 2 N–H and O–H groups in total. The minimum absolute atomic E-state index is 0.199. The number of ether oxygens (including phenoxy) is 1. The average Bonchev–Trinajstić information content (AvgIpc) is 2.36. The van der Waals surface area contributed by atoms with Gasteiger partial charge in [0.1, 0.15) is 11.1 Å². The molecule has 0 radical (unpaired) electrons. The summed E-state index contributed by atoms with van der Waals surface area (Å²) in [4.78, 5) is 11.9. The van der Waals surface area contributed by atoms with Crippen molar-refractivity contribution in [3.05, 3.63) is 0 Å². The molecule has 0 spiro atoms. The van der Waals surface area contributed by atoms with Gasteiger partial charge in [0.25, 0.3) is 0 Å². The molecule has 3 aliphatic carbocycles. The lowest BCUT2D eigenvalue weighted by molar-refractivity contribution is -0.162. The van der Waals surface area contributed by atoms with E-state index in [2.05, 4.69) is 0 Å². The highest BCUT2D eigenvalue weighted by Crippen LogP contribution is 2.54. The molecular formula is C11H19NO2. The van der Waals surface area contributed by atoms with Crippen LogP contribution in [-0.2, 0) is 9.53 Å². The van der Waals surface area contributed by atoms with Crippen molar-refractivity contribution in [1.29, 1.82) is 0 Å². The Labute approximate surface area is 85.0 Å². The fourth-order valence-electron chi connectivity index (χ4n) is 2.59. The van der Waals surface area contributed by atoms with Crippen molar-refractivity contribution in [3.63, 3.8) is 0 Å².